The summed E-state index contributed by atoms with van der Waals surface area (Å²) in [7, 11) is 0. The summed E-state index contributed by atoms with van der Waals surface area (Å²) >= 11 is 0. The van der Waals surface area contributed by atoms with Crippen molar-refractivity contribution in [3.63, 3.8) is 0 Å². The van der Waals surface area contributed by atoms with Crippen LogP contribution in [0.2, 0.25) is 0 Å². The van der Waals surface area contributed by atoms with E-state index in [1.165, 1.54) is 12.1 Å². The van der Waals surface area contributed by atoms with Crippen LogP contribution in [0.5, 0.6) is 0 Å². The van der Waals surface area contributed by atoms with E-state index in [1.54, 1.807) is 12.1 Å². The molecule has 0 aliphatic heterocycles. The third-order valence-corrected chi connectivity index (χ3v) is 4.22. The van der Waals surface area contributed by atoms with Gasteiger partial charge in [-0.15, -0.1) is 0 Å². The van der Waals surface area contributed by atoms with Crippen LogP contribution in [0.3, 0.4) is 0 Å². The first-order valence-corrected chi connectivity index (χ1v) is 8.50. The highest BCUT2D eigenvalue weighted by Gasteiger charge is 2.14. The number of nitrogens with zero attached hydrogens (tertiary/aromatic N) is 4. The Balaban J connectivity index is 1.74. The largest absolute Gasteiger partial charge is 0.269 e. The molecule has 0 saturated carbocycles. The molecule has 0 bridgehead atoms. The maximum atomic E-state index is 10.8. The lowest BCUT2D eigenvalue weighted by atomic mass is 10.2. The zero-order chi connectivity index (χ0) is 18.6. The van der Waals surface area contributed by atoms with Crippen molar-refractivity contribution in [2.45, 2.75) is 6.54 Å². The molecule has 0 aliphatic carbocycles. The van der Waals surface area contributed by atoms with E-state index in [1.807, 2.05) is 65.3 Å². The van der Waals surface area contributed by atoms with E-state index >= 15 is 0 Å². The first-order chi connectivity index (χ1) is 13.2. The van der Waals surface area contributed by atoms with E-state index in [0.717, 1.165) is 22.5 Å². The second-order valence-corrected chi connectivity index (χ2v) is 6.07. The second-order valence-electron chi connectivity index (χ2n) is 6.07. The molecule has 3 aromatic carbocycles. The molecule has 4 rings (SSSR count). The molecule has 1 aromatic heterocycles. The van der Waals surface area contributed by atoms with E-state index in [9.17, 15) is 10.1 Å². The van der Waals surface area contributed by atoms with Crippen LogP contribution in [0.15, 0.2) is 84.9 Å². The normalized spacial score (nSPS) is 10.7. The Labute approximate surface area is 155 Å². The minimum absolute atomic E-state index is 0.0746. The molecule has 6 heteroatoms. The first kappa shape index (κ1) is 16.7. The molecule has 0 N–H and O–H groups in total. The highest BCUT2D eigenvalue weighted by atomic mass is 16.6. The maximum Gasteiger partial charge on any atom is 0.269 e. The third-order valence-electron chi connectivity index (χ3n) is 4.22. The zero-order valence-electron chi connectivity index (χ0n) is 14.4. The number of hydrogen-bond donors (Lipinski definition) is 0. The van der Waals surface area contributed by atoms with Gasteiger partial charge in [-0.1, -0.05) is 72.8 Å². The Morgan fingerprint density at radius 2 is 1.41 bits per heavy atom. The van der Waals surface area contributed by atoms with Gasteiger partial charge in [0.25, 0.3) is 5.69 Å². The Bertz CT molecular complexity index is 1060. The van der Waals surface area contributed by atoms with Crippen LogP contribution < -0.4 is 0 Å². The molecule has 1 heterocycles. The lowest BCUT2D eigenvalue weighted by Gasteiger charge is -2.06. The molecular weight excluding hydrogens is 340 g/mol. The summed E-state index contributed by atoms with van der Waals surface area (Å²) in [5.41, 5.74) is 2.90. The van der Waals surface area contributed by atoms with Crippen molar-refractivity contribution in [3.8, 4) is 22.8 Å². The molecule has 4 aromatic rings. The van der Waals surface area contributed by atoms with Crippen LogP contribution in [0, 0.1) is 10.1 Å². The van der Waals surface area contributed by atoms with Gasteiger partial charge in [0.2, 0.25) is 0 Å². The monoisotopic (exact) mass is 356 g/mol. The van der Waals surface area contributed by atoms with Gasteiger partial charge in [0.05, 0.1) is 11.5 Å². The number of non-ortho nitro benzene ring substituents is 1. The highest BCUT2D eigenvalue weighted by molar-refractivity contribution is 5.61. The fraction of sp³-hybridized carbons (Fsp3) is 0.0476. The Morgan fingerprint density at radius 3 is 2.00 bits per heavy atom. The number of hydrogen-bond acceptors (Lipinski definition) is 4. The van der Waals surface area contributed by atoms with Gasteiger partial charge in [-0.05, 0) is 5.56 Å². The third kappa shape index (κ3) is 3.59. The lowest BCUT2D eigenvalue weighted by molar-refractivity contribution is -0.384. The molecule has 0 fully saturated rings. The van der Waals surface area contributed by atoms with Gasteiger partial charge in [0.15, 0.2) is 11.6 Å². The predicted molar refractivity (Wildman–Crippen MR) is 103 cm³/mol. The van der Waals surface area contributed by atoms with E-state index in [0.29, 0.717) is 12.4 Å². The smallest absolute Gasteiger partial charge is 0.258 e. The van der Waals surface area contributed by atoms with E-state index in [-0.39, 0.29) is 5.69 Å². The fourth-order valence-electron chi connectivity index (χ4n) is 2.86. The van der Waals surface area contributed by atoms with Crippen molar-refractivity contribution >= 4 is 5.69 Å². The molecule has 0 spiro atoms. The van der Waals surface area contributed by atoms with Gasteiger partial charge in [0.1, 0.15) is 0 Å². The number of benzene rings is 3. The van der Waals surface area contributed by atoms with Crippen LogP contribution >= 0.6 is 0 Å². The second kappa shape index (κ2) is 7.21. The van der Waals surface area contributed by atoms with Crippen molar-refractivity contribution in [1.82, 2.24) is 14.8 Å². The van der Waals surface area contributed by atoms with Crippen LogP contribution in [-0.4, -0.2) is 19.7 Å². The van der Waals surface area contributed by atoms with Crippen molar-refractivity contribution in [2.75, 3.05) is 0 Å². The number of rotatable bonds is 5. The molecule has 0 atom stereocenters. The van der Waals surface area contributed by atoms with Crippen LogP contribution in [0.25, 0.3) is 22.8 Å². The molecular formula is C21H16N4O2. The van der Waals surface area contributed by atoms with Gasteiger partial charge in [-0.25, -0.2) is 9.67 Å². The zero-order valence-corrected chi connectivity index (χ0v) is 14.4. The lowest BCUT2D eigenvalue weighted by Crippen LogP contribution is -2.04. The number of nitro benzene ring substituents is 1. The van der Waals surface area contributed by atoms with Crippen molar-refractivity contribution in [1.29, 1.82) is 0 Å². The van der Waals surface area contributed by atoms with Crippen molar-refractivity contribution in [3.05, 3.63) is 101 Å². The highest BCUT2D eigenvalue weighted by Crippen LogP contribution is 2.23. The van der Waals surface area contributed by atoms with Gasteiger partial charge >= 0.3 is 0 Å². The van der Waals surface area contributed by atoms with E-state index < -0.39 is 4.92 Å². The topological polar surface area (TPSA) is 73.8 Å². The average molecular weight is 356 g/mol. The summed E-state index contributed by atoms with van der Waals surface area (Å²) < 4.78 is 1.83. The van der Waals surface area contributed by atoms with Crippen LogP contribution in [-0.2, 0) is 6.54 Å². The van der Waals surface area contributed by atoms with Gasteiger partial charge < -0.3 is 0 Å². The predicted octanol–water partition coefficient (Wildman–Crippen LogP) is 4.57. The maximum absolute atomic E-state index is 10.8. The van der Waals surface area contributed by atoms with Gasteiger partial charge in [-0.3, -0.25) is 10.1 Å². The summed E-state index contributed by atoms with van der Waals surface area (Å²) in [5, 5.41) is 15.5. The SMILES string of the molecule is O=[N+]([O-])c1ccc(Cn2nc(-c3ccccc3)nc2-c2ccccc2)cc1. The molecule has 0 radical (unpaired) electrons. The van der Waals surface area contributed by atoms with Crippen LogP contribution in [0.1, 0.15) is 5.56 Å². The minimum Gasteiger partial charge on any atom is -0.258 e. The molecule has 0 saturated heterocycles. The molecule has 132 valence electrons. The van der Waals surface area contributed by atoms with Gasteiger partial charge in [0, 0.05) is 23.3 Å². The summed E-state index contributed by atoms with van der Waals surface area (Å²) in [6.45, 7) is 0.474. The Hall–Kier alpha value is -3.80. The van der Waals surface area contributed by atoms with Gasteiger partial charge in [-0.2, -0.15) is 5.10 Å². The van der Waals surface area contributed by atoms with E-state index in [4.69, 9.17) is 4.98 Å². The molecule has 27 heavy (non-hydrogen) atoms. The summed E-state index contributed by atoms with van der Waals surface area (Å²) in [6, 6.07) is 26.2. The average Bonchev–Trinajstić information content (AvgIpc) is 3.13. The minimum atomic E-state index is -0.401. The Kier molecular flexibility index (Phi) is 4.45. The fourth-order valence-corrected chi connectivity index (χ4v) is 2.86. The quantitative estimate of drug-likeness (QED) is 0.388. The van der Waals surface area contributed by atoms with E-state index in [2.05, 4.69) is 5.10 Å². The molecule has 0 unspecified atom stereocenters. The summed E-state index contributed by atoms with van der Waals surface area (Å²) in [5.74, 6) is 1.41. The molecule has 0 amide bonds. The standard InChI is InChI=1S/C21H16N4O2/c26-25(27)19-13-11-16(12-14-19)15-24-21(18-9-5-2-6-10-18)22-20(23-24)17-7-3-1-4-8-17/h1-14H,15H2. The van der Waals surface area contributed by atoms with Crippen molar-refractivity contribution in [2.24, 2.45) is 0 Å². The summed E-state index contributed by atoms with van der Waals surface area (Å²) in [4.78, 5) is 15.2. The summed E-state index contributed by atoms with van der Waals surface area (Å²) in [6.07, 6.45) is 0. The Morgan fingerprint density at radius 1 is 0.815 bits per heavy atom. The van der Waals surface area contributed by atoms with Crippen molar-refractivity contribution < 1.29 is 4.92 Å². The number of aromatic nitrogens is 3. The van der Waals surface area contributed by atoms with Crippen LogP contribution in [0.4, 0.5) is 5.69 Å². The first-order valence-electron chi connectivity index (χ1n) is 8.50. The molecule has 6 nitrogen and oxygen atoms in total. The number of nitro groups is 1. The molecule has 0 aliphatic rings.